The van der Waals surface area contributed by atoms with Crippen molar-refractivity contribution in [3.63, 3.8) is 0 Å². The largest absolute Gasteiger partial charge is 0.497 e. The van der Waals surface area contributed by atoms with E-state index in [0.717, 1.165) is 29.0 Å². The molecule has 0 bridgehead atoms. The summed E-state index contributed by atoms with van der Waals surface area (Å²) >= 11 is 0. The van der Waals surface area contributed by atoms with E-state index in [0.29, 0.717) is 36.1 Å². The fraction of sp³-hybridized carbons (Fsp3) is 0.241. The summed E-state index contributed by atoms with van der Waals surface area (Å²) in [6, 6.07) is 21.9. The molecule has 1 aliphatic rings. The first-order valence-corrected chi connectivity index (χ1v) is 11.8. The quantitative estimate of drug-likeness (QED) is 0.347. The summed E-state index contributed by atoms with van der Waals surface area (Å²) in [5.74, 6) is 1.39. The van der Waals surface area contributed by atoms with Crippen LogP contribution in [0.25, 0.3) is 11.0 Å². The van der Waals surface area contributed by atoms with Crippen LogP contribution in [0.1, 0.15) is 46.6 Å². The molecule has 35 heavy (non-hydrogen) atoms. The van der Waals surface area contributed by atoms with Crippen molar-refractivity contribution < 1.29 is 18.7 Å². The van der Waals surface area contributed by atoms with E-state index in [1.165, 1.54) is 0 Å². The molecule has 0 aliphatic carbocycles. The van der Waals surface area contributed by atoms with Gasteiger partial charge >= 0.3 is 0 Å². The van der Waals surface area contributed by atoms with Crippen molar-refractivity contribution in [2.45, 2.75) is 25.8 Å². The van der Waals surface area contributed by atoms with Crippen molar-refractivity contribution in [3.8, 4) is 11.5 Å². The highest BCUT2D eigenvalue weighted by Crippen LogP contribution is 2.38. The molecule has 6 heteroatoms. The normalized spacial score (nSPS) is 14.9. The van der Waals surface area contributed by atoms with E-state index < -0.39 is 6.04 Å². The second-order valence-electron chi connectivity index (χ2n) is 8.59. The number of benzene rings is 3. The Morgan fingerprint density at radius 3 is 2.34 bits per heavy atom. The number of carbonyl (C=O) groups excluding carboxylic acids is 1. The van der Waals surface area contributed by atoms with Crippen LogP contribution in [0.4, 0.5) is 0 Å². The zero-order valence-electron chi connectivity index (χ0n) is 19.8. The minimum Gasteiger partial charge on any atom is -0.497 e. The van der Waals surface area contributed by atoms with Crippen LogP contribution in [0, 0.1) is 0 Å². The van der Waals surface area contributed by atoms with Crippen molar-refractivity contribution in [3.05, 3.63) is 105 Å². The first-order valence-electron chi connectivity index (χ1n) is 11.8. The van der Waals surface area contributed by atoms with Crippen molar-refractivity contribution in [2.24, 2.45) is 0 Å². The van der Waals surface area contributed by atoms with E-state index in [4.69, 9.17) is 13.9 Å². The SMILES string of the molecule is CCCOc1ccc(C2c3c(oc4ccccc4c3=O)C(=O)N2CCc2ccc(OC)cc2)cc1. The summed E-state index contributed by atoms with van der Waals surface area (Å²) in [5.41, 5.74) is 2.56. The molecule has 5 rings (SSSR count). The molecule has 6 nitrogen and oxygen atoms in total. The molecule has 1 amide bonds. The van der Waals surface area contributed by atoms with Crippen LogP contribution in [-0.4, -0.2) is 31.1 Å². The molecule has 2 heterocycles. The van der Waals surface area contributed by atoms with Gasteiger partial charge in [-0.2, -0.15) is 0 Å². The Labute approximate surface area is 203 Å². The third-order valence-corrected chi connectivity index (χ3v) is 6.34. The molecule has 1 unspecified atom stereocenters. The van der Waals surface area contributed by atoms with Gasteiger partial charge in [0.15, 0.2) is 5.43 Å². The first-order chi connectivity index (χ1) is 17.1. The smallest absolute Gasteiger partial charge is 0.290 e. The molecule has 0 saturated heterocycles. The zero-order valence-corrected chi connectivity index (χ0v) is 19.8. The van der Waals surface area contributed by atoms with E-state index in [1.54, 1.807) is 36.3 Å². The predicted molar refractivity (Wildman–Crippen MR) is 134 cm³/mol. The van der Waals surface area contributed by atoms with Gasteiger partial charge in [-0.15, -0.1) is 0 Å². The molecule has 1 aromatic heterocycles. The van der Waals surface area contributed by atoms with Crippen LogP contribution in [0.15, 0.2) is 82.0 Å². The minimum absolute atomic E-state index is 0.125. The van der Waals surface area contributed by atoms with Gasteiger partial charge in [0.05, 0.1) is 30.7 Å². The molecule has 3 aromatic carbocycles. The fourth-order valence-corrected chi connectivity index (χ4v) is 4.55. The number of hydrogen-bond acceptors (Lipinski definition) is 5. The third-order valence-electron chi connectivity index (χ3n) is 6.34. The van der Waals surface area contributed by atoms with Gasteiger partial charge < -0.3 is 18.8 Å². The lowest BCUT2D eigenvalue weighted by atomic mass is 9.98. The molecule has 1 atom stereocenters. The number of amides is 1. The van der Waals surface area contributed by atoms with Gasteiger partial charge in [0.1, 0.15) is 17.1 Å². The van der Waals surface area contributed by atoms with Crippen molar-refractivity contribution >= 4 is 16.9 Å². The monoisotopic (exact) mass is 469 g/mol. The first kappa shape index (κ1) is 22.7. The van der Waals surface area contributed by atoms with Gasteiger partial charge in [-0.05, 0) is 60.4 Å². The predicted octanol–water partition coefficient (Wildman–Crippen LogP) is 5.38. The Bertz CT molecular complexity index is 1410. The number of para-hydroxylation sites is 1. The van der Waals surface area contributed by atoms with E-state index in [9.17, 15) is 9.59 Å². The number of ether oxygens (including phenoxy) is 2. The minimum atomic E-state index is -0.531. The number of rotatable bonds is 8. The second-order valence-corrected chi connectivity index (χ2v) is 8.59. The number of carbonyl (C=O) groups is 1. The van der Waals surface area contributed by atoms with Gasteiger partial charge in [-0.3, -0.25) is 9.59 Å². The lowest BCUT2D eigenvalue weighted by molar-refractivity contribution is 0.0730. The van der Waals surface area contributed by atoms with Crippen LogP contribution in [0.5, 0.6) is 11.5 Å². The highest BCUT2D eigenvalue weighted by atomic mass is 16.5. The van der Waals surface area contributed by atoms with Crippen molar-refractivity contribution in [2.75, 3.05) is 20.3 Å². The molecule has 0 N–H and O–H groups in total. The van der Waals surface area contributed by atoms with Gasteiger partial charge in [0.25, 0.3) is 5.91 Å². The highest BCUT2D eigenvalue weighted by molar-refractivity contribution is 5.99. The molecule has 0 fully saturated rings. The Morgan fingerprint density at radius 1 is 0.914 bits per heavy atom. The van der Waals surface area contributed by atoms with Gasteiger partial charge in [-0.25, -0.2) is 0 Å². The van der Waals surface area contributed by atoms with Crippen LogP contribution in [0.2, 0.25) is 0 Å². The van der Waals surface area contributed by atoms with Gasteiger partial charge in [0.2, 0.25) is 5.76 Å². The van der Waals surface area contributed by atoms with E-state index in [-0.39, 0.29) is 17.1 Å². The van der Waals surface area contributed by atoms with Crippen molar-refractivity contribution in [1.29, 1.82) is 0 Å². The molecule has 0 spiro atoms. The van der Waals surface area contributed by atoms with Crippen molar-refractivity contribution in [1.82, 2.24) is 4.90 Å². The van der Waals surface area contributed by atoms with Crippen LogP contribution in [-0.2, 0) is 6.42 Å². The molecular formula is C29H27NO5. The Hall–Kier alpha value is -4.06. The second kappa shape index (κ2) is 9.66. The Morgan fingerprint density at radius 2 is 1.63 bits per heavy atom. The molecule has 0 saturated carbocycles. The summed E-state index contributed by atoms with van der Waals surface area (Å²) in [5, 5.41) is 0.476. The number of hydrogen-bond donors (Lipinski definition) is 0. The molecule has 0 radical (unpaired) electrons. The molecule has 4 aromatic rings. The van der Waals surface area contributed by atoms with Gasteiger partial charge in [-0.1, -0.05) is 43.3 Å². The van der Waals surface area contributed by atoms with Crippen LogP contribution < -0.4 is 14.9 Å². The Kier molecular flexibility index (Phi) is 6.27. The average Bonchev–Trinajstić information content (AvgIpc) is 3.18. The molecular weight excluding hydrogens is 442 g/mol. The summed E-state index contributed by atoms with van der Waals surface area (Å²) in [4.78, 5) is 28.9. The summed E-state index contributed by atoms with van der Waals surface area (Å²) < 4.78 is 17.0. The number of methoxy groups -OCH3 is 1. The fourth-order valence-electron chi connectivity index (χ4n) is 4.55. The molecule has 178 valence electrons. The lowest BCUT2D eigenvalue weighted by Gasteiger charge is -2.25. The number of nitrogens with zero attached hydrogens (tertiary/aromatic N) is 1. The lowest BCUT2D eigenvalue weighted by Crippen LogP contribution is -2.31. The maximum Gasteiger partial charge on any atom is 0.290 e. The standard InChI is InChI=1S/C29H27NO5/c1-3-18-34-22-14-10-20(11-15-22)26-25-27(31)23-6-4-5-7-24(23)35-28(25)29(32)30(26)17-16-19-8-12-21(33-2)13-9-19/h4-15,26H,3,16-18H2,1-2H3. The van der Waals surface area contributed by atoms with E-state index in [2.05, 4.69) is 6.92 Å². The maximum atomic E-state index is 13.6. The summed E-state index contributed by atoms with van der Waals surface area (Å²) in [6.45, 7) is 3.12. The number of fused-ring (bicyclic) bond motifs is 2. The van der Waals surface area contributed by atoms with Gasteiger partial charge in [0, 0.05) is 6.54 Å². The Balaban J connectivity index is 1.54. The summed E-state index contributed by atoms with van der Waals surface area (Å²) in [7, 11) is 1.63. The average molecular weight is 470 g/mol. The van der Waals surface area contributed by atoms with Crippen LogP contribution in [0.3, 0.4) is 0 Å². The highest BCUT2D eigenvalue weighted by Gasteiger charge is 2.42. The van der Waals surface area contributed by atoms with E-state index in [1.807, 2.05) is 48.5 Å². The topological polar surface area (TPSA) is 69.0 Å². The third kappa shape index (κ3) is 4.28. The maximum absolute atomic E-state index is 13.6. The summed E-state index contributed by atoms with van der Waals surface area (Å²) in [6.07, 6.45) is 1.55. The zero-order chi connectivity index (χ0) is 24.4. The van der Waals surface area contributed by atoms with E-state index >= 15 is 0 Å². The van der Waals surface area contributed by atoms with Crippen LogP contribution >= 0.6 is 0 Å². The molecule has 1 aliphatic heterocycles.